The van der Waals surface area contributed by atoms with Gasteiger partial charge in [0.15, 0.2) is 0 Å². The maximum atomic E-state index is 9.28. The molecule has 27 heavy (non-hydrogen) atoms. The number of methoxy groups -OCH3 is 1. The van der Waals surface area contributed by atoms with Crippen molar-refractivity contribution in [3.8, 4) is 11.9 Å². The largest absolute Gasteiger partial charge is 0.474 e. The Morgan fingerprint density at radius 1 is 1.30 bits per heavy atom. The Morgan fingerprint density at radius 3 is 2.81 bits per heavy atom. The van der Waals surface area contributed by atoms with Crippen molar-refractivity contribution < 1.29 is 9.47 Å². The van der Waals surface area contributed by atoms with Crippen LogP contribution in [-0.2, 0) is 11.2 Å². The number of aryl methyl sites for hydroxylation is 1. The van der Waals surface area contributed by atoms with Crippen molar-refractivity contribution in [3.63, 3.8) is 0 Å². The summed E-state index contributed by atoms with van der Waals surface area (Å²) < 4.78 is 11.7. The Hall–Kier alpha value is -1.75. The molecule has 144 valence electrons. The summed E-state index contributed by atoms with van der Waals surface area (Å²) in [5, 5.41) is 13.7. The standard InChI is InChI=1S/C20H26N4O2S/c1-22-13-4-6-14(7-5-13)26-19-18-17-12(9-15(10-21)25-2)3-8-16(17)27-20(18)24-11-23-19/h11-15,22H,3-9H2,1-2H3. The van der Waals surface area contributed by atoms with E-state index in [1.54, 1.807) is 24.8 Å². The molecule has 2 heterocycles. The van der Waals surface area contributed by atoms with E-state index < -0.39 is 0 Å². The van der Waals surface area contributed by atoms with Crippen LogP contribution in [0.1, 0.15) is 54.9 Å². The lowest BCUT2D eigenvalue weighted by Crippen LogP contribution is -2.34. The molecule has 7 heteroatoms. The van der Waals surface area contributed by atoms with Crippen LogP contribution in [0.3, 0.4) is 0 Å². The molecule has 0 radical (unpaired) electrons. The van der Waals surface area contributed by atoms with Crippen molar-refractivity contribution >= 4 is 21.6 Å². The van der Waals surface area contributed by atoms with Gasteiger partial charge in [-0.05, 0) is 63.5 Å². The highest BCUT2D eigenvalue weighted by Crippen LogP contribution is 2.47. The van der Waals surface area contributed by atoms with Crippen LogP contribution in [0.4, 0.5) is 0 Å². The molecule has 4 rings (SSSR count). The number of hydrogen-bond acceptors (Lipinski definition) is 7. The van der Waals surface area contributed by atoms with Crippen molar-refractivity contribution in [2.24, 2.45) is 0 Å². The molecule has 2 aliphatic carbocycles. The summed E-state index contributed by atoms with van der Waals surface area (Å²) in [6, 6.07) is 2.85. The number of thiophene rings is 1. The van der Waals surface area contributed by atoms with E-state index in [2.05, 4.69) is 21.4 Å². The Balaban J connectivity index is 1.61. The molecule has 0 bridgehead atoms. The number of ether oxygens (including phenoxy) is 2. The fraction of sp³-hybridized carbons (Fsp3) is 0.650. The monoisotopic (exact) mass is 386 g/mol. The van der Waals surface area contributed by atoms with E-state index in [4.69, 9.17) is 9.47 Å². The molecular formula is C20H26N4O2S. The van der Waals surface area contributed by atoms with Gasteiger partial charge in [-0.2, -0.15) is 5.26 Å². The van der Waals surface area contributed by atoms with E-state index in [-0.39, 0.29) is 12.2 Å². The number of fused-ring (bicyclic) bond motifs is 3. The second-order valence-electron chi connectivity index (χ2n) is 7.50. The summed E-state index contributed by atoms with van der Waals surface area (Å²) in [5.41, 5.74) is 1.30. The minimum absolute atomic E-state index is 0.217. The summed E-state index contributed by atoms with van der Waals surface area (Å²) >= 11 is 1.75. The summed E-state index contributed by atoms with van der Waals surface area (Å²) in [7, 11) is 3.64. The molecule has 6 nitrogen and oxygen atoms in total. The molecule has 0 aromatic carbocycles. The van der Waals surface area contributed by atoms with Gasteiger partial charge in [-0.25, -0.2) is 9.97 Å². The van der Waals surface area contributed by atoms with Gasteiger partial charge in [0.05, 0.1) is 11.5 Å². The topological polar surface area (TPSA) is 80.1 Å². The number of rotatable bonds is 6. The fourth-order valence-corrected chi connectivity index (χ4v) is 5.68. The molecule has 2 unspecified atom stereocenters. The average molecular weight is 387 g/mol. The van der Waals surface area contributed by atoms with Gasteiger partial charge in [0.2, 0.25) is 5.88 Å². The highest BCUT2D eigenvalue weighted by Gasteiger charge is 2.32. The van der Waals surface area contributed by atoms with Gasteiger partial charge in [0, 0.05) is 18.0 Å². The van der Waals surface area contributed by atoms with Gasteiger partial charge in [0.25, 0.3) is 0 Å². The van der Waals surface area contributed by atoms with Gasteiger partial charge >= 0.3 is 0 Å². The van der Waals surface area contributed by atoms with E-state index >= 15 is 0 Å². The average Bonchev–Trinajstić information content (AvgIpc) is 3.26. The quantitative estimate of drug-likeness (QED) is 0.818. The van der Waals surface area contributed by atoms with Crippen molar-refractivity contribution in [2.75, 3.05) is 14.2 Å². The predicted octanol–water partition coefficient (Wildman–Crippen LogP) is 3.56. The first-order valence-corrected chi connectivity index (χ1v) is 10.6. The smallest absolute Gasteiger partial charge is 0.225 e. The minimum atomic E-state index is -0.373. The Bertz CT molecular complexity index is 838. The lowest BCUT2D eigenvalue weighted by molar-refractivity contribution is 0.132. The van der Waals surface area contributed by atoms with Crippen LogP contribution >= 0.6 is 11.3 Å². The molecule has 1 saturated carbocycles. The third-order valence-electron chi connectivity index (χ3n) is 5.98. The predicted molar refractivity (Wildman–Crippen MR) is 105 cm³/mol. The molecular weight excluding hydrogens is 360 g/mol. The molecule has 1 N–H and O–H groups in total. The van der Waals surface area contributed by atoms with Crippen LogP contribution in [0, 0.1) is 11.3 Å². The highest BCUT2D eigenvalue weighted by molar-refractivity contribution is 7.19. The first kappa shape index (κ1) is 18.6. The van der Waals surface area contributed by atoms with Crippen molar-refractivity contribution in [2.45, 2.75) is 69.1 Å². The van der Waals surface area contributed by atoms with Crippen LogP contribution < -0.4 is 10.1 Å². The molecule has 1 fully saturated rings. The third kappa shape index (κ3) is 3.66. The van der Waals surface area contributed by atoms with Crippen molar-refractivity contribution in [1.29, 1.82) is 5.26 Å². The number of nitrogens with one attached hydrogen (secondary N) is 1. The van der Waals surface area contributed by atoms with Crippen molar-refractivity contribution in [3.05, 3.63) is 16.8 Å². The van der Waals surface area contributed by atoms with Gasteiger partial charge in [-0.3, -0.25) is 0 Å². The molecule has 2 aliphatic rings. The molecule has 2 atom stereocenters. The normalized spacial score (nSPS) is 25.9. The highest BCUT2D eigenvalue weighted by atomic mass is 32.1. The van der Waals surface area contributed by atoms with Gasteiger partial charge in [0.1, 0.15) is 23.4 Å². The molecule has 0 aliphatic heterocycles. The molecule has 2 aromatic rings. The Kier molecular flexibility index (Phi) is 5.58. The van der Waals surface area contributed by atoms with Crippen LogP contribution in [0.5, 0.6) is 5.88 Å². The number of nitrogens with zero attached hydrogens (tertiary/aromatic N) is 3. The first-order valence-electron chi connectivity index (χ1n) is 9.76. The van der Waals surface area contributed by atoms with Crippen molar-refractivity contribution in [1.82, 2.24) is 15.3 Å². The SMILES string of the molecule is CNC1CCC(Oc2ncnc3sc4c(c23)C(CC(C#N)OC)CC4)CC1. The first-order chi connectivity index (χ1) is 13.2. The zero-order chi connectivity index (χ0) is 18.8. The molecule has 0 saturated heterocycles. The number of nitriles is 1. The molecule has 0 spiro atoms. The van der Waals surface area contributed by atoms with E-state index in [0.29, 0.717) is 18.4 Å². The third-order valence-corrected chi connectivity index (χ3v) is 7.16. The van der Waals surface area contributed by atoms with Crippen LogP contribution in [0.25, 0.3) is 10.2 Å². The fourth-order valence-electron chi connectivity index (χ4n) is 4.45. The maximum absolute atomic E-state index is 9.28. The van der Waals surface area contributed by atoms with E-state index in [1.807, 2.05) is 7.05 Å². The minimum Gasteiger partial charge on any atom is -0.474 e. The van der Waals surface area contributed by atoms with Crippen LogP contribution in [0.15, 0.2) is 6.33 Å². The molecule has 2 aromatic heterocycles. The van der Waals surface area contributed by atoms with E-state index in [0.717, 1.165) is 54.6 Å². The second kappa shape index (κ2) is 8.09. The second-order valence-corrected chi connectivity index (χ2v) is 8.59. The number of hydrogen-bond donors (Lipinski definition) is 1. The van der Waals surface area contributed by atoms with E-state index in [1.165, 1.54) is 10.4 Å². The zero-order valence-corrected chi connectivity index (χ0v) is 16.7. The number of aromatic nitrogens is 2. The van der Waals surface area contributed by atoms with E-state index in [9.17, 15) is 5.26 Å². The Labute approximate surface area is 163 Å². The Morgan fingerprint density at radius 2 is 2.11 bits per heavy atom. The van der Waals surface area contributed by atoms with Gasteiger partial charge < -0.3 is 14.8 Å². The summed E-state index contributed by atoms with van der Waals surface area (Å²) in [4.78, 5) is 11.4. The summed E-state index contributed by atoms with van der Waals surface area (Å²) in [6.45, 7) is 0. The van der Waals surface area contributed by atoms with Crippen LogP contribution in [-0.4, -0.2) is 42.4 Å². The zero-order valence-electron chi connectivity index (χ0n) is 15.9. The maximum Gasteiger partial charge on any atom is 0.225 e. The van der Waals surface area contributed by atoms with Gasteiger partial charge in [-0.1, -0.05) is 0 Å². The lowest BCUT2D eigenvalue weighted by Gasteiger charge is -2.28. The summed E-state index contributed by atoms with van der Waals surface area (Å²) in [5.74, 6) is 1.04. The van der Waals surface area contributed by atoms with Crippen LogP contribution in [0.2, 0.25) is 0 Å². The summed E-state index contributed by atoms with van der Waals surface area (Å²) in [6.07, 6.45) is 8.64. The molecule has 0 amide bonds. The van der Waals surface area contributed by atoms with Gasteiger partial charge in [-0.15, -0.1) is 11.3 Å². The lowest BCUT2D eigenvalue weighted by atomic mass is 9.93.